The zero-order valence-electron chi connectivity index (χ0n) is 10.2. The van der Waals surface area contributed by atoms with Crippen molar-refractivity contribution in [3.8, 4) is 0 Å². The molecule has 0 amide bonds. The van der Waals surface area contributed by atoms with Crippen molar-refractivity contribution in [1.82, 2.24) is 9.80 Å². The molecule has 15 heavy (non-hydrogen) atoms. The Morgan fingerprint density at radius 1 is 0.867 bits per heavy atom. The molecule has 2 heterocycles. The lowest BCUT2D eigenvalue weighted by Crippen LogP contribution is -2.51. The number of rotatable bonds is 2. The van der Waals surface area contributed by atoms with Gasteiger partial charge in [0.1, 0.15) is 13.5 Å². The van der Waals surface area contributed by atoms with Gasteiger partial charge in [-0.25, -0.2) is 0 Å². The van der Waals surface area contributed by atoms with Crippen LogP contribution in [0.3, 0.4) is 0 Å². The van der Waals surface area contributed by atoms with E-state index in [1.807, 2.05) is 0 Å². The highest BCUT2D eigenvalue weighted by Crippen LogP contribution is 2.26. The Labute approximate surface area is 92.1 Å². The molecule has 2 fully saturated rings. The van der Waals surface area contributed by atoms with Gasteiger partial charge in [0.25, 0.3) is 0 Å². The molecule has 2 rings (SSSR count). The van der Waals surface area contributed by atoms with E-state index in [4.69, 9.17) is 9.47 Å². The lowest BCUT2D eigenvalue weighted by atomic mass is 10.1. The van der Waals surface area contributed by atoms with E-state index in [0.29, 0.717) is 0 Å². The monoisotopic (exact) mass is 214 g/mol. The highest BCUT2D eigenvalue weighted by molar-refractivity contribution is 4.89. The summed E-state index contributed by atoms with van der Waals surface area (Å²) in [6.07, 6.45) is 0. The van der Waals surface area contributed by atoms with Crippen molar-refractivity contribution in [2.24, 2.45) is 0 Å². The Kier molecular flexibility index (Phi) is 2.79. The van der Waals surface area contributed by atoms with Gasteiger partial charge in [0.05, 0.1) is 19.9 Å². The van der Waals surface area contributed by atoms with Crippen molar-refractivity contribution in [2.75, 3.05) is 33.3 Å². The van der Waals surface area contributed by atoms with Crippen LogP contribution < -0.4 is 0 Å². The van der Waals surface area contributed by atoms with Crippen molar-refractivity contribution in [3.63, 3.8) is 0 Å². The van der Waals surface area contributed by atoms with Gasteiger partial charge in [-0.05, 0) is 27.7 Å². The van der Waals surface area contributed by atoms with Crippen LogP contribution in [0.25, 0.3) is 0 Å². The van der Waals surface area contributed by atoms with E-state index in [-0.39, 0.29) is 11.1 Å². The molecule has 4 heteroatoms. The van der Waals surface area contributed by atoms with Crippen molar-refractivity contribution >= 4 is 0 Å². The Hall–Kier alpha value is -0.160. The molecule has 0 atom stereocenters. The van der Waals surface area contributed by atoms with Gasteiger partial charge < -0.3 is 9.47 Å². The first-order valence-electron chi connectivity index (χ1n) is 5.57. The molecule has 0 bridgehead atoms. The predicted molar refractivity (Wildman–Crippen MR) is 58.3 cm³/mol. The van der Waals surface area contributed by atoms with Crippen LogP contribution in [0.2, 0.25) is 0 Å². The number of hydrogen-bond donors (Lipinski definition) is 0. The molecule has 0 aromatic rings. The third-order valence-corrected chi connectivity index (χ3v) is 3.46. The van der Waals surface area contributed by atoms with Crippen LogP contribution in [0.4, 0.5) is 0 Å². The molecule has 0 radical (unpaired) electrons. The van der Waals surface area contributed by atoms with E-state index < -0.39 is 0 Å². The molecule has 0 unspecified atom stereocenters. The molecule has 2 aliphatic rings. The molecule has 0 aromatic carbocycles. The average molecular weight is 214 g/mol. The van der Waals surface area contributed by atoms with Crippen molar-refractivity contribution in [2.45, 2.75) is 38.8 Å². The summed E-state index contributed by atoms with van der Waals surface area (Å²) in [4.78, 5) is 4.73. The minimum atomic E-state index is 0.151. The van der Waals surface area contributed by atoms with E-state index in [2.05, 4.69) is 37.5 Å². The molecular formula is C11H22N2O2. The second-order valence-corrected chi connectivity index (χ2v) is 5.80. The van der Waals surface area contributed by atoms with Crippen molar-refractivity contribution in [3.05, 3.63) is 0 Å². The summed E-state index contributed by atoms with van der Waals surface area (Å²) in [5, 5.41) is 0. The van der Waals surface area contributed by atoms with E-state index in [9.17, 15) is 0 Å². The number of nitrogens with zero attached hydrogens (tertiary/aromatic N) is 2. The molecule has 0 spiro atoms. The minimum absolute atomic E-state index is 0.151. The summed E-state index contributed by atoms with van der Waals surface area (Å²) < 4.78 is 11.0. The van der Waals surface area contributed by atoms with Crippen molar-refractivity contribution in [1.29, 1.82) is 0 Å². The molecule has 0 saturated carbocycles. The Bertz CT molecular complexity index is 217. The zero-order chi connectivity index (χ0) is 11.1. The lowest BCUT2D eigenvalue weighted by molar-refractivity contribution is 0.0236. The molecule has 0 aromatic heterocycles. The molecule has 0 aliphatic carbocycles. The van der Waals surface area contributed by atoms with Gasteiger partial charge in [-0.15, -0.1) is 0 Å². The van der Waals surface area contributed by atoms with Gasteiger partial charge in [-0.1, -0.05) is 0 Å². The molecule has 88 valence electrons. The maximum atomic E-state index is 5.51. The lowest BCUT2D eigenvalue weighted by Gasteiger charge is -2.37. The predicted octanol–water partition coefficient (Wildman–Crippen LogP) is 1.08. The Morgan fingerprint density at radius 3 is 1.53 bits per heavy atom. The largest absolute Gasteiger partial charge is 0.364 e. The normalized spacial score (nSPS) is 31.2. The fourth-order valence-corrected chi connectivity index (χ4v) is 2.01. The van der Waals surface area contributed by atoms with E-state index >= 15 is 0 Å². The number of ether oxygens (including phenoxy) is 2. The second kappa shape index (κ2) is 3.70. The van der Waals surface area contributed by atoms with Crippen LogP contribution >= 0.6 is 0 Å². The summed E-state index contributed by atoms with van der Waals surface area (Å²) in [6, 6.07) is 0. The molecule has 0 N–H and O–H groups in total. The zero-order valence-corrected chi connectivity index (χ0v) is 10.2. The fourth-order valence-electron chi connectivity index (χ4n) is 2.01. The molecular weight excluding hydrogens is 192 g/mol. The van der Waals surface area contributed by atoms with Gasteiger partial charge in [0.15, 0.2) is 0 Å². The summed E-state index contributed by atoms with van der Waals surface area (Å²) in [6.45, 7) is 12.9. The summed E-state index contributed by atoms with van der Waals surface area (Å²) >= 11 is 0. The first-order chi connectivity index (χ1) is 6.92. The maximum absolute atomic E-state index is 5.51. The third kappa shape index (κ3) is 2.18. The van der Waals surface area contributed by atoms with E-state index in [0.717, 1.165) is 33.3 Å². The van der Waals surface area contributed by atoms with Crippen molar-refractivity contribution < 1.29 is 9.47 Å². The SMILES string of the molecule is CC1(C)COCN1CN1COCC1(C)C. The highest BCUT2D eigenvalue weighted by atomic mass is 16.5. The van der Waals surface area contributed by atoms with E-state index in [1.54, 1.807) is 0 Å². The molecule has 2 saturated heterocycles. The number of hydrogen-bond acceptors (Lipinski definition) is 4. The summed E-state index contributed by atoms with van der Waals surface area (Å²) in [5.41, 5.74) is 0.303. The Balaban J connectivity index is 1.97. The van der Waals surface area contributed by atoms with Crippen LogP contribution in [0.15, 0.2) is 0 Å². The second-order valence-electron chi connectivity index (χ2n) is 5.80. The third-order valence-electron chi connectivity index (χ3n) is 3.46. The van der Waals surface area contributed by atoms with Gasteiger partial charge >= 0.3 is 0 Å². The molecule has 4 nitrogen and oxygen atoms in total. The smallest absolute Gasteiger partial charge is 0.101 e. The highest BCUT2D eigenvalue weighted by Gasteiger charge is 2.39. The van der Waals surface area contributed by atoms with Crippen LogP contribution in [0.5, 0.6) is 0 Å². The van der Waals surface area contributed by atoms with Crippen LogP contribution in [-0.2, 0) is 9.47 Å². The first kappa shape index (κ1) is 11.3. The molecule has 2 aliphatic heterocycles. The van der Waals surface area contributed by atoms with Gasteiger partial charge in [-0.3, -0.25) is 9.80 Å². The minimum Gasteiger partial charge on any atom is -0.364 e. The summed E-state index contributed by atoms with van der Waals surface area (Å²) in [5.74, 6) is 0. The quantitative estimate of drug-likeness (QED) is 0.687. The maximum Gasteiger partial charge on any atom is 0.101 e. The standard InChI is InChI=1S/C11H22N2O2/c1-10(2)5-14-8-12(10)7-13-9-15-6-11(13,3)4/h5-9H2,1-4H3. The Morgan fingerprint density at radius 2 is 1.27 bits per heavy atom. The van der Waals surface area contributed by atoms with Crippen LogP contribution in [0.1, 0.15) is 27.7 Å². The summed E-state index contributed by atoms with van der Waals surface area (Å²) in [7, 11) is 0. The van der Waals surface area contributed by atoms with Crippen LogP contribution in [0, 0.1) is 0 Å². The first-order valence-corrected chi connectivity index (χ1v) is 5.57. The fraction of sp³-hybridized carbons (Fsp3) is 1.00. The average Bonchev–Trinajstić information content (AvgIpc) is 2.58. The van der Waals surface area contributed by atoms with Gasteiger partial charge in [0.2, 0.25) is 0 Å². The van der Waals surface area contributed by atoms with Gasteiger partial charge in [0, 0.05) is 11.1 Å². The van der Waals surface area contributed by atoms with E-state index in [1.165, 1.54) is 0 Å². The van der Waals surface area contributed by atoms with Gasteiger partial charge in [-0.2, -0.15) is 0 Å². The topological polar surface area (TPSA) is 24.9 Å². The van der Waals surface area contributed by atoms with Crippen LogP contribution in [-0.4, -0.2) is 54.2 Å².